The van der Waals surface area contributed by atoms with Crippen molar-refractivity contribution in [2.24, 2.45) is 0 Å². The third kappa shape index (κ3) is 4.28. The van der Waals surface area contributed by atoms with Crippen molar-refractivity contribution in [1.29, 1.82) is 0 Å². The Bertz CT molecular complexity index is 883. The van der Waals surface area contributed by atoms with E-state index in [1.54, 1.807) is 11.1 Å². The van der Waals surface area contributed by atoms with Gasteiger partial charge in [0.1, 0.15) is 6.33 Å². The summed E-state index contributed by atoms with van der Waals surface area (Å²) in [5.74, 6) is 1.23. The molecule has 9 heteroatoms. The topological polar surface area (TPSA) is 105 Å². The first-order chi connectivity index (χ1) is 14.2. The molecule has 0 unspecified atom stereocenters. The van der Waals surface area contributed by atoms with Gasteiger partial charge in [0.15, 0.2) is 0 Å². The lowest BCUT2D eigenvalue weighted by molar-refractivity contribution is -0.139. The molecule has 0 aliphatic carbocycles. The van der Waals surface area contributed by atoms with Crippen LogP contribution >= 0.6 is 0 Å². The fourth-order valence-corrected chi connectivity index (χ4v) is 4.02. The van der Waals surface area contributed by atoms with E-state index >= 15 is 0 Å². The van der Waals surface area contributed by atoms with Gasteiger partial charge in [0, 0.05) is 44.6 Å². The molecule has 0 aromatic carbocycles. The van der Waals surface area contributed by atoms with Crippen molar-refractivity contribution in [3.05, 3.63) is 24.1 Å². The maximum absolute atomic E-state index is 12.8. The molecule has 4 rings (SSSR count). The summed E-state index contributed by atoms with van der Waals surface area (Å²) in [5.41, 5.74) is 1.59. The summed E-state index contributed by atoms with van der Waals surface area (Å²) in [6.07, 6.45) is 8.17. The summed E-state index contributed by atoms with van der Waals surface area (Å²) in [6.45, 7) is 4.03. The number of aryl methyl sites for hydroxylation is 1. The second kappa shape index (κ2) is 8.67. The normalized spacial score (nSPS) is 20.2. The van der Waals surface area contributed by atoms with E-state index in [4.69, 9.17) is 4.52 Å². The fraction of sp³-hybridized carbons (Fsp3) is 0.600. The number of likely N-dealkylation sites (tertiary alicyclic amines) is 2. The van der Waals surface area contributed by atoms with Gasteiger partial charge in [-0.15, -0.1) is 0 Å². The second-order valence-corrected chi connectivity index (χ2v) is 7.64. The Morgan fingerprint density at radius 2 is 2.17 bits per heavy atom. The van der Waals surface area contributed by atoms with Crippen LogP contribution in [0.4, 0.5) is 0 Å². The van der Waals surface area contributed by atoms with E-state index in [1.165, 1.54) is 6.33 Å². The van der Waals surface area contributed by atoms with Crippen LogP contribution in [0.25, 0.3) is 11.4 Å². The highest BCUT2D eigenvalue weighted by molar-refractivity contribution is 5.85. The first-order valence-electron chi connectivity index (χ1n) is 10.3. The Morgan fingerprint density at radius 3 is 3.00 bits per heavy atom. The molecule has 154 valence electrons. The molecule has 2 aromatic heterocycles. The van der Waals surface area contributed by atoms with Gasteiger partial charge >= 0.3 is 0 Å². The molecule has 0 radical (unpaired) electrons. The lowest BCUT2D eigenvalue weighted by Gasteiger charge is -2.24. The van der Waals surface area contributed by atoms with Gasteiger partial charge < -0.3 is 14.3 Å². The van der Waals surface area contributed by atoms with E-state index < -0.39 is 0 Å². The van der Waals surface area contributed by atoms with E-state index in [-0.39, 0.29) is 24.3 Å². The van der Waals surface area contributed by atoms with Crippen molar-refractivity contribution in [2.45, 2.75) is 51.4 Å². The maximum atomic E-state index is 12.8. The Morgan fingerprint density at radius 1 is 1.28 bits per heavy atom. The van der Waals surface area contributed by atoms with Gasteiger partial charge in [0.2, 0.25) is 23.5 Å². The van der Waals surface area contributed by atoms with Crippen molar-refractivity contribution in [3.63, 3.8) is 0 Å². The molecule has 9 nitrogen and oxygen atoms in total. The third-order valence-electron chi connectivity index (χ3n) is 5.68. The third-order valence-corrected chi connectivity index (χ3v) is 5.68. The van der Waals surface area contributed by atoms with Gasteiger partial charge in [0.05, 0.1) is 17.8 Å². The number of aromatic nitrogens is 4. The van der Waals surface area contributed by atoms with Crippen LogP contribution in [0, 0.1) is 0 Å². The van der Waals surface area contributed by atoms with Crippen LogP contribution in [0.5, 0.6) is 0 Å². The molecule has 2 saturated heterocycles. The first kappa shape index (κ1) is 19.5. The Labute approximate surface area is 169 Å². The quantitative estimate of drug-likeness (QED) is 0.756. The molecular weight excluding hydrogens is 372 g/mol. The smallest absolute Gasteiger partial charge is 0.242 e. The summed E-state index contributed by atoms with van der Waals surface area (Å²) >= 11 is 0. The highest BCUT2D eigenvalue weighted by atomic mass is 16.5. The zero-order valence-corrected chi connectivity index (χ0v) is 16.7. The number of amides is 2. The minimum absolute atomic E-state index is 0.00573. The molecule has 0 bridgehead atoms. The number of carbonyl (C=O) groups excluding carboxylic acids is 2. The molecule has 2 aliphatic heterocycles. The van der Waals surface area contributed by atoms with Crippen LogP contribution in [-0.4, -0.2) is 67.9 Å². The number of nitrogens with zero attached hydrogens (tertiary/aromatic N) is 6. The minimum Gasteiger partial charge on any atom is -0.340 e. The maximum Gasteiger partial charge on any atom is 0.242 e. The summed E-state index contributed by atoms with van der Waals surface area (Å²) in [6, 6.07) is 0. The zero-order valence-electron chi connectivity index (χ0n) is 16.7. The standard InChI is InChI=1S/C20H26N6O3/c1-2-16-23-20(24-29-16)15-10-21-13-22-19(15)14-7-9-26(11-14)18(28)12-25-8-5-3-4-6-17(25)27/h10,13-14H,2-9,11-12H2,1H3/t14-/m0/s1. The predicted molar refractivity (Wildman–Crippen MR) is 104 cm³/mol. The van der Waals surface area contributed by atoms with Crippen LogP contribution in [-0.2, 0) is 16.0 Å². The second-order valence-electron chi connectivity index (χ2n) is 7.64. The van der Waals surface area contributed by atoms with Gasteiger partial charge in [-0.25, -0.2) is 9.97 Å². The molecule has 2 fully saturated rings. The summed E-state index contributed by atoms with van der Waals surface area (Å²) in [7, 11) is 0. The molecule has 0 saturated carbocycles. The first-order valence-corrected chi connectivity index (χ1v) is 10.3. The Kier molecular flexibility index (Phi) is 5.82. The van der Waals surface area contributed by atoms with E-state index in [1.807, 2.05) is 11.8 Å². The zero-order chi connectivity index (χ0) is 20.2. The number of carbonyl (C=O) groups is 2. The predicted octanol–water partition coefficient (Wildman–Crippen LogP) is 1.81. The molecule has 1 atom stereocenters. The molecule has 2 aliphatic rings. The average molecular weight is 398 g/mol. The van der Waals surface area contributed by atoms with Gasteiger partial charge in [0.25, 0.3) is 0 Å². The number of rotatable bonds is 5. The molecule has 0 N–H and O–H groups in total. The molecule has 4 heterocycles. The number of hydrogen-bond acceptors (Lipinski definition) is 7. The fourth-order valence-electron chi connectivity index (χ4n) is 4.02. The average Bonchev–Trinajstić information content (AvgIpc) is 3.38. The van der Waals surface area contributed by atoms with Crippen LogP contribution < -0.4 is 0 Å². The minimum atomic E-state index is 0.00573. The molecule has 0 spiro atoms. The van der Waals surface area contributed by atoms with E-state index in [0.717, 1.165) is 36.9 Å². The molecular formula is C20H26N6O3. The van der Waals surface area contributed by atoms with Gasteiger partial charge in [-0.3, -0.25) is 9.59 Å². The van der Waals surface area contributed by atoms with E-state index in [0.29, 0.717) is 44.2 Å². The summed E-state index contributed by atoms with van der Waals surface area (Å²) in [5, 5.41) is 4.05. The van der Waals surface area contributed by atoms with Crippen molar-refractivity contribution in [1.82, 2.24) is 29.9 Å². The highest BCUT2D eigenvalue weighted by Gasteiger charge is 2.32. The van der Waals surface area contributed by atoms with Crippen LogP contribution in [0.1, 0.15) is 56.5 Å². The van der Waals surface area contributed by atoms with Crippen molar-refractivity contribution in [3.8, 4) is 11.4 Å². The molecule has 2 amide bonds. The molecule has 29 heavy (non-hydrogen) atoms. The lowest BCUT2D eigenvalue weighted by atomic mass is 10.00. The SMILES string of the molecule is CCc1nc(-c2cncnc2[C@H]2CCN(C(=O)CN3CCCCCC3=O)C2)no1. The summed E-state index contributed by atoms with van der Waals surface area (Å²) in [4.78, 5) is 41.5. The highest BCUT2D eigenvalue weighted by Crippen LogP contribution is 2.32. The Balaban J connectivity index is 1.45. The van der Waals surface area contributed by atoms with Crippen molar-refractivity contribution in [2.75, 3.05) is 26.2 Å². The largest absolute Gasteiger partial charge is 0.340 e. The van der Waals surface area contributed by atoms with Crippen molar-refractivity contribution < 1.29 is 14.1 Å². The van der Waals surface area contributed by atoms with E-state index in [2.05, 4.69) is 20.1 Å². The van der Waals surface area contributed by atoms with Crippen LogP contribution in [0.2, 0.25) is 0 Å². The van der Waals surface area contributed by atoms with Crippen LogP contribution in [0.15, 0.2) is 17.0 Å². The van der Waals surface area contributed by atoms with Gasteiger partial charge in [-0.1, -0.05) is 18.5 Å². The number of hydrogen-bond donors (Lipinski definition) is 0. The van der Waals surface area contributed by atoms with E-state index in [9.17, 15) is 9.59 Å². The lowest BCUT2D eigenvalue weighted by Crippen LogP contribution is -2.41. The Hall–Kier alpha value is -2.84. The summed E-state index contributed by atoms with van der Waals surface area (Å²) < 4.78 is 5.23. The van der Waals surface area contributed by atoms with Crippen molar-refractivity contribution >= 4 is 11.8 Å². The van der Waals surface area contributed by atoms with Gasteiger partial charge in [-0.05, 0) is 19.3 Å². The molecule has 2 aromatic rings. The van der Waals surface area contributed by atoms with Crippen LogP contribution in [0.3, 0.4) is 0 Å². The van der Waals surface area contributed by atoms with Gasteiger partial charge in [-0.2, -0.15) is 4.98 Å². The monoisotopic (exact) mass is 398 g/mol.